The van der Waals surface area contributed by atoms with E-state index in [2.05, 4.69) is 81.8 Å². The van der Waals surface area contributed by atoms with Crippen LogP contribution in [-0.2, 0) is 6.42 Å². The molecular formula is C26H34N2. The van der Waals surface area contributed by atoms with Crippen LogP contribution in [-0.4, -0.2) is 4.98 Å². The van der Waals surface area contributed by atoms with Crippen LogP contribution in [0.3, 0.4) is 0 Å². The van der Waals surface area contributed by atoms with Crippen molar-refractivity contribution in [1.29, 1.82) is 0 Å². The molecule has 148 valence electrons. The standard InChI is InChI=1S/C26H34N2/c1-7-21-13-20(10-11-27-21)26-24-14-23(17(4)18(24)5)25(26)19(6)28-22-9-8-15(2)16(3)12-22/h8-13,17-18,23-26,28H,6-7,14H2,1-5H3. The Hall–Kier alpha value is -2.09. The summed E-state index contributed by atoms with van der Waals surface area (Å²) in [4.78, 5) is 4.54. The van der Waals surface area contributed by atoms with E-state index in [0.717, 1.165) is 30.1 Å². The maximum atomic E-state index is 4.55. The lowest BCUT2D eigenvalue weighted by atomic mass is 9.66. The van der Waals surface area contributed by atoms with E-state index in [1.807, 2.05) is 6.20 Å². The average molecular weight is 375 g/mol. The number of aryl methyl sites for hydroxylation is 3. The lowest BCUT2D eigenvalue weighted by Crippen LogP contribution is -2.33. The Kier molecular flexibility index (Phi) is 5.07. The van der Waals surface area contributed by atoms with Gasteiger partial charge in [0, 0.05) is 29.2 Å². The highest BCUT2D eigenvalue weighted by Crippen LogP contribution is 2.63. The number of anilines is 1. The van der Waals surface area contributed by atoms with E-state index in [-0.39, 0.29) is 0 Å². The maximum Gasteiger partial charge on any atom is 0.0403 e. The molecule has 6 unspecified atom stereocenters. The highest BCUT2D eigenvalue weighted by atomic mass is 14.9. The zero-order valence-corrected chi connectivity index (χ0v) is 18.0. The van der Waals surface area contributed by atoms with E-state index >= 15 is 0 Å². The van der Waals surface area contributed by atoms with Crippen LogP contribution in [0.1, 0.15) is 55.5 Å². The molecule has 2 aliphatic carbocycles. The molecule has 6 atom stereocenters. The van der Waals surface area contributed by atoms with Gasteiger partial charge >= 0.3 is 0 Å². The molecule has 28 heavy (non-hydrogen) atoms. The van der Waals surface area contributed by atoms with Crippen LogP contribution in [0.15, 0.2) is 48.8 Å². The van der Waals surface area contributed by atoms with Crippen LogP contribution in [0.25, 0.3) is 0 Å². The van der Waals surface area contributed by atoms with Crippen LogP contribution in [0, 0.1) is 43.4 Å². The molecule has 2 aromatic rings. The van der Waals surface area contributed by atoms with E-state index in [0.29, 0.717) is 11.8 Å². The van der Waals surface area contributed by atoms with Gasteiger partial charge in [0.15, 0.2) is 0 Å². The molecule has 1 heterocycles. The van der Waals surface area contributed by atoms with Gasteiger partial charge < -0.3 is 5.32 Å². The monoisotopic (exact) mass is 374 g/mol. The van der Waals surface area contributed by atoms with Gasteiger partial charge in [-0.3, -0.25) is 4.98 Å². The fourth-order valence-electron chi connectivity index (χ4n) is 5.92. The van der Waals surface area contributed by atoms with Crippen molar-refractivity contribution in [3.05, 3.63) is 71.2 Å². The van der Waals surface area contributed by atoms with Gasteiger partial charge in [0.25, 0.3) is 0 Å². The molecule has 0 spiro atoms. The summed E-state index contributed by atoms with van der Waals surface area (Å²) in [6.45, 7) is 16.0. The first-order chi connectivity index (χ1) is 13.4. The van der Waals surface area contributed by atoms with Crippen LogP contribution in [0.5, 0.6) is 0 Å². The summed E-state index contributed by atoms with van der Waals surface area (Å²) in [5, 5.41) is 3.69. The lowest BCUT2D eigenvalue weighted by molar-refractivity contribution is 0.183. The second-order valence-corrected chi connectivity index (χ2v) is 9.22. The molecule has 2 heteroatoms. The van der Waals surface area contributed by atoms with Crippen molar-refractivity contribution in [2.24, 2.45) is 29.6 Å². The molecule has 1 aromatic heterocycles. The van der Waals surface area contributed by atoms with Crippen molar-refractivity contribution in [3.8, 4) is 0 Å². The minimum absolute atomic E-state index is 0.491. The van der Waals surface area contributed by atoms with Gasteiger partial charge in [-0.15, -0.1) is 0 Å². The summed E-state index contributed by atoms with van der Waals surface area (Å²) < 4.78 is 0. The zero-order valence-electron chi connectivity index (χ0n) is 18.0. The SMILES string of the molecule is C=C(Nc1ccc(C)c(C)c1)C1C2CC(C(C)C2C)C1c1ccnc(CC)c1. The van der Waals surface area contributed by atoms with Crippen molar-refractivity contribution in [1.82, 2.24) is 4.98 Å². The van der Waals surface area contributed by atoms with Crippen molar-refractivity contribution >= 4 is 5.69 Å². The Morgan fingerprint density at radius 2 is 1.82 bits per heavy atom. The van der Waals surface area contributed by atoms with E-state index < -0.39 is 0 Å². The zero-order chi connectivity index (χ0) is 20.0. The molecule has 2 bridgehead atoms. The van der Waals surface area contributed by atoms with E-state index in [1.54, 1.807) is 0 Å². The Balaban J connectivity index is 1.66. The number of fused-ring (bicyclic) bond motifs is 2. The van der Waals surface area contributed by atoms with E-state index in [4.69, 9.17) is 0 Å². The number of nitrogens with zero attached hydrogens (tertiary/aromatic N) is 1. The number of benzene rings is 1. The van der Waals surface area contributed by atoms with Crippen LogP contribution in [0.2, 0.25) is 0 Å². The summed E-state index contributed by atoms with van der Waals surface area (Å²) in [7, 11) is 0. The van der Waals surface area contributed by atoms with Crippen molar-refractivity contribution in [2.45, 2.75) is 53.4 Å². The number of rotatable bonds is 5. The van der Waals surface area contributed by atoms with Gasteiger partial charge in [-0.05, 0) is 97.2 Å². The molecule has 0 saturated heterocycles. The molecule has 0 aliphatic heterocycles. The summed E-state index contributed by atoms with van der Waals surface area (Å²) in [6.07, 6.45) is 4.33. The topological polar surface area (TPSA) is 24.9 Å². The molecule has 4 rings (SSSR count). The second-order valence-electron chi connectivity index (χ2n) is 9.22. The van der Waals surface area contributed by atoms with E-state index in [1.165, 1.54) is 40.2 Å². The fraction of sp³-hybridized carbons (Fsp3) is 0.500. The van der Waals surface area contributed by atoms with Gasteiger partial charge in [-0.2, -0.15) is 0 Å². The summed E-state index contributed by atoms with van der Waals surface area (Å²) in [6, 6.07) is 11.2. The number of hydrogen-bond donors (Lipinski definition) is 1. The molecule has 0 amide bonds. The third-order valence-electron chi connectivity index (χ3n) is 7.84. The first-order valence-electron chi connectivity index (χ1n) is 10.9. The maximum absolute atomic E-state index is 4.55. The Labute approximate surface area is 170 Å². The minimum Gasteiger partial charge on any atom is -0.359 e. The van der Waals surface area contributed by atoms with Gasteiger partial charge in [0.2, 0.25) is 0 Å². The molecule has 2 nitrogen and oxygen atoms in total. The second kappa shape index (κ2) is 7.39. The number of allylic oxidation sites excluding steroid dienone is 1. The Morgan fingerprint density at radius 3 is 2.54 bits per heavy atom. The Bertz CT molecular complexity index is 884. The molecular weight excluding hydrogens is 340 g/mol. The Morgan fingerprint density at radius 1 is 1.07 bits per heavy atom. The smallest absolute Gasteiger partial charge is 0.0403 e. The first kappa shape index (κ1) is 19.2. The summed E-state index contributed by atoms with van der Waals surface area (Å²) in [5.41, 5.74) is 7.68. The fourth-order valence-corrected chi connectivity index (χ4v) is 5.92. The summed E-state index contributed by atoms with van der Waals surface area (Å²) >= 11 is 0. The number of pyridine rings is 1. The predicted molar refractivity (Wildman–Crippen MR) is 118 cm³/mol. The molecule has 1 aromatic carbocycles. The highest BCUT2D eigenvalue weighted by Gasteiger charge is 2.55. The van der Waals surface area contributed by atoms with Crippen molar-refractivity contribution < 1.29 is 0 Å². The largest absolute Gasteiger partial charge is 0.359 e. The molecule has 2 saturated carbocycles. The normalized spacial score (nSPS) is 31.2. The van der Waals surface area contributed by atoms with Crippen LogP contribution in [0.4, 0.5) is 5.69 Å². The van der Waals surface area contributed by atoms with Crippen LogP contribution < -0.4 is 5.32 Å². The summed E-state index contributed by atoms with van der Waals surface area (Å²) in [5.74, 6) is 4.04. The first-order valence-corrected chi connectivity index (χ1v) is 10.9. The lowest BCUT2D eigenvalue weighted by Gasteiger charge is -2.40. The third-order valence-corrected chi connectivity index (χ3v) is 7.84. The van der Waals surface area contributed by atoms with Crippen molar-refractivity contribution in [2.75, 3.05) is 5.32 Å². The molecule has 2 fully saturated rings. The number of aromatic nitrogens is 1. The third kappa shape index (κ3) is 3.17. The van der Waals surface area contributed by atoms with Gasteiger partial charge in [0.05, 0.1) is 0 Å². The minimum atomic E-state index is 0.491. The highest BCUT2D eigenvalue weighted by molar-refractivity contribution is 5.52. The predicted octanol–water partition coefficient (Wildman–Crippen LogP) is 6.51. The average Bonchev–Trinajstić information content (AvgIpc) is 3.21. The van der Waals surface area contributed by atoms with Gasteiger partial charge in [0.1, 0.15) is 0 Å². The quantitative estimate of drug-likeness (QED) is 0.645. The number of nitrogens with one attached hydrogen (secondary N) is 1. The van der Waals surface area contributed by atoms with E-state index in [9.17, 15) is 0 Å². The van der Waals surface area contributed by atoms with Gasteiger partial charge in [-0.1, -0.05) is 33.4 Å². The van der Waals surface area contributed by atoms with Gasteiger partial charge in [-0.25, -0.2) is 0 Å². The van der Waals surface area contributed by atoms with Crippen LogP contribution >= 0.6 is 0 Å². The number of hydrogen-bond acceptors (Lipinski definition) is 2. The molecule has 2 aliphatic rings. The molecule has 1 N–H and O–H groups in total. The van der Waals surface area contributed by atoms with Crippen molar-refractivity contribution in [3.63, 3.8) is 0 Å². The molecule has 0 radical (unpaired) electrons.